The molecule has 0 saturated carbocycles. The number of piperidine rings is 1. The Labute approximate surface area is 240 Å². The zero-order valence-electron chi connectivity index (χ0n) is 22.9. The standard InChI is InChI=1S/C26H28FN7O7S/c1-4-40-24(35)16-11-18(15-33(14-16)25-28-12-17(27)13-29-25)42(36,37)32-26-31-30-23(21-9-6-10-41-21)34(26)22-19(38-2)7-5-8-20(22)39-3/h5-10,12-13,16,18H,4,11,14-15H2,1-3H3,(H,31,32)/t16-,18-/m0/s1. The van der Waals surface area contributed by atoms with Gasteiger partial charge in [-0.25, -0.2) is 22.8 Å². The number of halogens is 1. The molecule has 4 aromatic rings. The molecule has 0 aliphatic carbocycles. The number of benzene rings is 1. The van der Waals surface area contributed by atoms with Crippen molar-refractivity contribution < 1.29 is 36.2 Å². The van der Waals surface area contributed by atoms with E-state index in [0.29, 0.717) is 22.9 Å². The Morgan fingerprint density at radius 1 is 1.10 bits per heavy atom. The lowest BCUT2D eigenvalue weighted by molar-refractivity contribution is -0.148. The highest BCUT2D eigenvalue weighted by Gasteiger charge is 2.41. The van der Waals surface area contributed by atoms with Gasteiger partial charge in [0.2, 0.25) is 27.7 Å². The lowest BCUT2D eigenvalue weighted by Gasteiger charge is -2.36. The zero-order valence-corrected chi connectivity index (χ0v) is 23.7. The second-order valence-corrected chi connectivity index (χ2v) is 11.2. The van der Waals surface area contributed by atoms with E-state index in [1.165, 1.54) is 29.9 Å². The fourth-order valence-corrected chi connectivity index (χ4v) is 6.15. The molecule has 0 unspecified atom stereocenters. The molecule has 0 radical (unpaired) electrons. The first-order valence-electron chi connectivity index (χ1n) is 12.9. The molecule has 1 aliphatic heterocycles. The van der Waals surface area contributed by atoms with E-state index in [1.54, 1.807) is 37.3 Å². The largest absolute Gasteiger partial charge is 0.494 e. The van der Waals surface area contributed by atoms with Crippen LogP contribution in [-0.2, 0) is 19.6 Å². The number of nitrogens with one attached hydrogen (secondary N) is 1. The highest BCUT2D eigenvalue weighted by molar-refractivity contribution is 7.93. The second-order valence-electron chi connectivity index (χ2n) is 9.23. The predicted molar refractivity (Wildman–Crippen MR) is 147 cm³/mol. The Morgan fingerprint density at radius 3 is 2.43 bits per heavy atom. The van der Waals surface area contributed by atoms with Gasteiger partial charge in [-0.05, 0) is 37.6 Å². The second kappa shape index (κ2) is 12.0. The molecule has 222 valence electrons. The van der Waals surface area contributed by atoms with Gasteiger partial charge >= 0.3 is 5.97 Å². The Balaban J connectivity index is 1.55. The average Bonchev–Trinajstić information content (AvgIpc) is 3.67. The lowest BCUT2D eigenvalue weighted by atomic mass is 9.98. The number of hydrogen-bond donors (Lipinski definition) is 1. The van der Waals surface area contributed by atoms with Crippen LogP contribution in [0.5, 0.6) is 11.5 Å². The number of para-hydroxylation sites is 1. The highest BCUT2D eigenvalue weighted by atomic mass is 32.2. The third kappa shape index (κ3) is 5.70. The van der Waals surface area contributed by atoms with Crippen molar-refractivity contribution in [1.82, 2.24) is 24.7 Å². The topological polar surface area (TPSA) is 164 Å². The fraction of sp³-hybridized carbons (Fsp3) is 0.346. The molecule has 0 amide bonds. The van der Waals surface area contributed by atoms with Gasteiger partial charge in [0, 0.05) is 13.1 Å². The monoisotopic (exact) mass is 601 g/mol. The molecule has 5 rings (SSSR count). The van der Waals surface area contributed by atoms with Crippen molar-refractivity contribution in [2.45, 2.75) is 18.6 Å². The number of aromatic nitrogens is 5. The molecular weight excluding hydrogens is 573 g/mol. The van der Waals surface area contributed by atoms with Gasteiger partial charge in [-0.2, -0.15) is 0 Å². The van der Waals surface area contributed by atoms with Crippen molar-refractivity contribution in [2.24, 2.45) is 5.92 Å². The smallest absolute Gasteiger partial charge is 0.310 e. The number of furan rings is 1. The molecule has 2 atom stereocenters. The third-order valence-corrected chi connectivity index (χ3v) is 8.31. The first-order valence-corrected chi connectivity index (χ1v) is 14.4. The van der Waals surface area contributed by atoms with Crippen molar-refractivity contribution in [2.75, 3.05) is 43.5 Å². The van der Waals surface area contributed by atoms with Gasteiger partial charge in [0.1, 0.15) is 17.2 Å². The van der Waals surface area contributed by atoms with Gasteiger partial charge in [-0.15, -0.1) is 10.2 Å². The fourth-order valence-electron chi connectivity index (χ4n) is 4.73. The summed E-state index contributed by atoms with van der Waals surface area (Å²) in [5.74, 6) is -0.951. The van der Waals surface area contributed by atoms with E-state index in [4.69, 9.17) is 18.6 Å². The Hall–Kier alpha value is -4.73. The number of esters is 1. The van der Waals surface area contributed by atoms with Crippen LogP contribution < -0.4 is 19.1 Å². The van der Waals surface area contributed by atoms with Crippen LogP contribution in [0.25, 0.3) is 17.3 Å². The number of ether oxygens (including phenoxy) is 3. The average molecular weight is 602 g/mol. The summed E-state index contributed by atoms with van der Waals surface area (Å²) in [6, 6.07) is 8.36. The number of rotatable bonds is 10. The lowest BCUT2D eigenvalue weighted by Crippen LogP contribution is -2.50. The van der Waals surface area contributed by atoms with Crippen LogP contribution in [0.3, 0.4) is 0 Å². The number of hydrogen-bond acceptors (Lipinski definition) is 12. The molecule has 1 saturated heterocycles. The SMILES string of the molecule is CCOC(=O)[C@H]1C[C@H](S(=O)(=O)Nc2nnc(-c3ccco3)n2-c2c(OC)cccc2OC)CN(c2ncc(F)cn2)C1. The summed E-state index contributed by atoms with van der Waals surface area (Å²) < 4.78 is 67.2. The van der Waals surface area contributed by atoms with E-state index < -0.39 is 33.0 Å². The van der Waals surface area contributed by atoms with Crippen molar-refractivity contribution in [3.05, 3.63) is 54.8 Å². The highest BCUT2D eigenvalue weighted by Crippen LogP contribution is 2.38. The molecule has 1 N–H and O–H groups in total. The maximum atomic E-state index is 13.9. The molecule has 42 heavy (non-hydrogen) atoms. The summed E-state index contributed by atoms with van der Waals surface area (Å²) in [6.07, 6.45) is 3.33. The van der Waals surface area contributed by atoms with E-state index in [-0.39, 0.29) is 43.8 Å². The van der Waals surface area contributed by atoms with E-state index in [1.807, 2.05) is 0 Å². The number of nitrogens with zero attached hydrogens (tertiary/aromatic N) is 6. The van der Waals surface area contributed by atoms with E-state index >= 15 is 0 Å². The van der Waals surface area contributed by atoms with Crippen LogP contribution in [0.2, 0.25) is 0 Å². The first-order chi connectivity index (χ1) is 20.2. The summed E-state index contributed by atoms with van der Waals surface area (Å²) in [5, 5.41) is 7.18. The molecule has 1 aromatic carbocycles. The van der Waals surface area contributed by atoms with Gasteiger partial charge in [0.25, 0.3) is 0 Å². The maximum absolute atomic E-state index is 13.9. The molecule has 16 heteroatoms. The quantitative estimate of drug-likeness (QED) is 0.265. The van der Waals surface area contributed by atoms with Gasteiger partial charge in [0.15, 0.2) is 11.6 Å². The molecule has 3 aromatic heterocycles. The van der Waals surface area contributed by atoms with Crippen LogP contribution in [0.1, 0.15) is 13.3 Å². The molecule has 4 heterocycles. The number of sulfonamides is 1. The summed E-state index contributed by atoms with van der Waals surface area (Å²) in [6.45, 7) is 1.78. The van der Waals surface area contributed by atoms with Crippen LogP contribution in [0, 0.1) is 11.7 Å². The van der Waals surface area contributed by atoms with Crippen molar-refractivity contribution in [3.63, 3.8) is 0 Å². The van der Waals surface area contributed by atoms with Crippen molar-refractivity contribution >= 4 is 27.9 Å². The van der Waals surface area contributed by atoms with Gasteiger partial charge in [-0.3, -0.25) is 14.1 Å². The normalized spacial score (nSPS) is 17.1. The molecule has 1 aliphatic rings. The molecule has 1 fully saturated rings. The number of anilines is 2. The molecular formula is C26H28FN7O7S. The van der Waals surface area contributed by atoms with E-state index in [2.05, 4.69) is 24.9 Å². The predicted octanol–water partition coefficient (Wildman–Crippen LogP) is 2.67. The Morgan fingerprint density at radius 2 is 1.81 bits per heavy atom. The minimum absolute atomic E-state index is 0.0526. The summed E-state index contributed by atoms with van der Waals surface area (Å²) in [7, 11) is -1.33. The van der Waals surface area contributed by atoms with Gasteiger partial charge in [0.05, 0.1) is 50.7 Å². The van der Waals surface area contributed by atoms with Crippen LogP contribution in [0.4, 0.5) is 16.3 Å². The number of carbonyl (C=O) groups is 1. The van der Waals surface area contributed by atoms with Crippen LogP contribution in [-0.4, -0.2) is 78.3 Å². The maximum Gasteiger partial charge on any atom is 0.310 e. The van der Waals surface area contributed by atoms with Crippen molar-refractivity contribution in [3.8, 4) is 28.8 Å². The van der Waals surface area contributed by atoms with E-state index in [9.17, 15) is 17.6 Å². The summed E-state index contributed by atoms with van der Waals surface area (Å²) >= 11 is 0. The summed E-state index contributed by atoms with van der Waals surface area (Å²) in [4.78, 5) is 22.2. The Bertz CT molecular complexity index is 1620. The van der Waals surface area contributed by atoms with Crippen LogP contribution in [0.15, 0.2) is 53.4 Å². The first kappa shape index (κ1) is 28.8. The van der Waals surface area contributed by atoms with Gasteiger partial charge in [-0.1, -0.05) is 6.07 Å². The van der Waals surface area contributed by atoms with E-state index in [0.717, 1.165) is 12.4 Å². The third-order valence-electron chi connectivity index (χ3n) is 6.62. The minimum atomic E-state index is -4.26. The Kier molecular flexibility index (Phi) is 8.24. The molecule has 0 bridgehead atoms. The van der Waals surface area contributed by atoms with Gasteiger partial charge < -0.3 is 23.5 Å². The number of methoxy groups -OCH3 is 2. The molecule has 0 spiro atoms. The van der Waals surface area contributed by atoms with Crippen LogP contribution >= 0.6 is 0 Å². The number of carbonyl (C=O) groups excluding carboxylic acids is 1. The summed E-state index contributed by atoms with van der Waals surface area (Å²) in [5.41, 5.74) is 0.325. The zero-order chi connectivity index (χ0) is 29.9. The molecule has 14 nitrogen and oxygen atoms in total. The minimum Gasteiger partial charge on any atom is -0.494 e. The van der Waals surface area contributed by atoms with Crippen molar-refractivity contribution in [1.29, 1.82) is 0 Å².